The molecule has 0 radical (unpaired) electrons. The molecule has 1 fully saturated rings. The molecule has 2 rings (SSSR count). The second kappa shape index (κ2) is 3.92. The van der Waals surface area contributed by atoms with Gasteiger partial charge in [0.1, 0.15) is 0 Å². The zero-order valence-electron chi connectivity index (χ0n) is 9.86. The monoisotopic (exact) mass is 242 g/mol. The lowest BCUT2D eigenvalue weighted by atomic mass is 9.88. The summed E-state index contributed by atoms with van der Waals surface area (Å²) < 4.78 is 1.53. The van der Waals surface area contributed by atoms with Crippen LogP contribution in [0.25, 0.3) is 0 Å². The minimum atomic E-state index is -0.173. The summed E-state index contributed by atoms with van der Waals surface area (Å²) in [7, 11) is 1.72. The van der Waals surface area contributed by atoms with Gasteiger partial charge in [-0.05, 0) is 18.3 Å². The Balaban J connectivity index is 2.12. The van der Waals surface area contributed by atoms with Gasteiger partial charge in [0.15, 0.2) is 5.16 Å². The van der Waals surface area contributed by atoms with E-state index in [0.29, 0.717) is 5.25 Å². The molecule has 0 aliphatic heterocycles. The summed E-state index contributed by atoms with van der Waals surface area (Å²) in [5, 5.41) is 7.51. The number of rotatable bonds is 2. The van der Waals surface area contributed by atoms with Crippen molar-refractivity contribution in [2.75, 3.05) is 0 Å². The lowest BCUT2D eigenvalue weighted by Crippen LogP contribution is -2.38. The van der Waals surface area contributed by atoms with Gasteiger partial charge >= 0.3 is 5.69 Å². The predicted octanol–water partition coefficient (Wildman–Crippen LogP) is 0.716. The molecule has 0 saturated heterocycles. The summed E-state index contributed by atoms with van der Waals surface area (Å²) in [6.45, 7) is 4.39. The summed E-state index contributed by atoms with van der Waals surface area (Å²) in [6.07, 6.45) is 2.21. The second-order valence-electron chi connectivity index (χ2n) is 5.08. The van der Waals surface area contributed by atoms with E-state index in [2.05, 4.69) is 24.0 Å². The van der Waals surface area contributed by atoms with E-state index in [-0.39, 0.29) is 17.1 Å². The van der Waals surface area contributed by atoms with Gasteiger partial charge in [-0.3, -0.25) is 4.57 Å². The maximum atomic E-state index is 11.2. The Hall–Kier alpha value is -0.750. The Morgan fingerprint density at radius 2 is 2.31 bits per heavy atom. The Bertz CT molecular complexity index is 436. The third kappa shape index (κ3) is 1.91. The fraction of sp³-hybridized carbons (Fsp3) is 0.800. The Morgan fingerprint density at radius 1 is 1.62 bits per heavy atom. The average Bonchev–Trinajstić information content (AvgIpc) is 2.66. The van der Waals surface area contributed by atoms with E-state index in [4.69, 9.17) is 5.73 Å². The summed E-state index contributed by atoms with van der Waals surface area (Å²) in [6, 6.07) is 0.157. The van der Waals surface area contributed by atoms with Gasteiger partial charge in [-0.25, -0.2) is 9.89 Å². The molecule has 6 heteroatoms. The number of nitrogens with two attached hydrogens (primary N) is 1. The van der Waals surface area contributed by atoms with Crippen molar-refractivity contribution in [1.29, 1.82) is 0 Å². The number of hydrogen-bond acceptors (Lipinski definition) is 4. The van der Waals surface area contributed by atoms with Gasteiger partial charge in [0.25, 0.3) is 0 Å². The maximum Gasteiger partial charge on any atom is 0.343 e. The van der Waals surface area contributed by atoms with E-state index in [1.54, 1.807) is 18.8 Å². The van der Waals surface area contributed by atoms with Gasteiger partial charge in [0, 0.05) is 18.3 Å². The number of aromatic amines is 1. The molecule has 1 aliphatic rings. The van der Waals surface area contributed by atoms with Gasteiger partial charge in [0.2, 0.25) is 0 Å². The first-order valence-corrected chi connectivity index (χ1v) is 6.33. The number of aromatic nitrogens is 3. The van der Waals surface area contributed by atoms with Crippen molar-refractivity contribution >= 4 is 11.8 Å². The SMILES string of the molecule is Cn1c(SC2CCC(C)(C)C2N)n[nH]c1=O. The molecular weight excluding hydrogens is 224 g/mol. The largest absolute Gasteiger partial charge is 0.343 e. The normalized spacial score (nSPS) is 28.5. The smallest absolute Gasteiger partial charge is 0.326 e. The van der Waals surface area contributed by atoms with E-state index in [1.165, 1.54) is 4.57 Å². The van der Waals surface area contributed by atoms with Crippen LogP contribution >= 0.6 is 11.8 Å². The Labute approximate surface area is 98.8 Å². The van der Waals surface area contributed by atoms with Crippen LogP contribution in [0.1, 0.15) is 26.7 Å². The molecule has 1 saturated carbocycles. The van der Waals surface area contributed by atoms with E-state index in [9.17, 15) is 4.79 Å². The highest BCUT2D eigenvalue weighted by Gasteiger charge is 2.40. The molecule has 1 aromatic heterocycles. The molecule has 0 spiro atoms. The molecule has 16 heavy (non-hydrogen) atoms. The van der Waals surface area contributed by atoms with Gasteiger partial charge < -0.3 is 5.73 Å². The van der Waals surface area contributed by atoms with Crippen LogP contribution in [0.4, 0.5) is 0 Å². The van der Waals surface area contributed by atoms with E-state index >= 15 is 0 Å². The van der Waals surface area contributed by atoms with Crippen molar-refractivity contribution in [3.8, 4) is 0 Å². The topological polar surface area (TPSA) is 76.7 Å². The Kier molecular flexibility index (Phi) is 2.88. The molecular formula is C10H18N4OS. The summed E-state index contributed by atoms with van der Waals surface area (Å²) in [5.41, 5.74) is 6.23. The summed E-state index contributed by atoms with van der Waals surface area (Å²) >= 11 is 1.60. The molecule has 90 valence electrons. The number of hydrogen-bond donors (Lipinski definition) is 2. The van der Waals surface area contributed by atoms with Crippen molar-refractivity contribution < 1.29 is 0 Å². The van der Waals surface area contributed by atoms with Crippen LogP contribution < -0.4 is 11.4 Å². The predicted molar refractivity (Wildman–Crippen MR) is 64.5 cm³/mol. The molecule has 0 bridgehead atoms. The van der Waals surface area contributed by atoms with Gasteiger partial charge in [-0.1, -0.05) is 25.6 Å². The highest BCUT2D eigenvalue weighted by atomic mass is 32.2. The molecule has 0 amide bonds. The molecule has 2 unspecified atom stereocenters. The summed E-state index contributed by atoms with van der Waals surface area (Å²) in [4.78, 5) is 11.2. The third-order valence-corrected chi connectivity index (χ3v) is 4.88. The molecule has 0 aromatic carbocycles. The number of H-pyrrole nitrogens is 1. The minimum absolute atomic E-state index is 0.157. The van der Waals surface area contributed by atoms with Crippen molar-refractivity contribution in [3.05, 3.63) is 10.5 Å². The molecule has 1 aliphatic carbocycles. The number of thioether (sulfide) groups is 1. The molecule has 5 nitrogen and oxygen atoms in total. The quantitative estimate of drug-likeness (QED) is 0.801. The van der Waals surface area contributed by atoms with Crippen molar-refractivity contribution in [1.82, 2.24) is 14.8 Å². The van der Waals surface area contributed by atoms with Crippen LogP contribution in [0.3, 0.4) is 0 Å². The fourth-order valence-corrected chi connectivity index (χ4v) is 3.43. The second-order valence-corrected chi connectivity index (χ2v) is 6.29. The molecule has 3 N–H and O–H groups in total. The van der Waals surface area contributed by atoms with Crippen molar-refractivity contribution in [2.45, 2.75) is 43.1 Å². The van der Waals surface area contributed by atoms with Crippen LogP contribution in [0.5, 0.6) is 0 Å². The highest BCUT2D eigenvalue weighted by molar-refractivity contribution is 7.99. The lowest BCUT2D eigenvalue weighted by molar-refractivity contribution is 0.334. The average molecular weight is 242 g/mol. The van der Waals surface area contributed by atoms with E-state index in [1.807, 2.05) is 0 Å². The maximum absolute atomic E-state index is 11.2. The first-order chi connectivity index (χ1) is 7.42. The van der Waals surface area contributed by atoms with Crippen LogP contribution in [-0.2, 0) is 7.05 Å². The fourth-order valence-electron chi connectivity index (χ4n) is 2.07. The molecule has 2 atom stereocenters. The minimum Gasteiger partial charge on any atom is -0.326 e. The van der Waals surface area contributed by atoms with Crippen LogP contribution in [0.15, 0.2) is 9.95 Å². The number of nitrogens with zero attached hydrogens (tertiary/aromatic N) is 2. The molecule has 1 aromatic rings. The van der Waals surface area contributed by atoms with Crippen LogP contribution in [-0.4, -0.2) is 26.1 Å². The van der Waals surface area contributed by atoms with Crippen molar-refractivity contribution in [3.63, 3.8) is 0 Å². The number of nitrogens with one attached hydrogen (secondary N) is 1. The van der Waals surface area contributed by atoms with Crippen molar-refractivity contribution in [2.24, 2.45) is 18.2 Å². The zero-order valence-corrected chi connectivity index (χ0v) is 10.7. The third-order valence-electron chi connectivity index (χ3n) is 3.47. The van der Waals surface area contributed by atoms with E-state index in [0.717, 1.165) is 18.0 Å². The highest BCUT2D eigenvalue weighted by Crippen LogP contribution is 2.43. The first-order valence-electron chi connectivity index (χ1n) is 5.45. The van der Waals surface area contributed by atoms with Crippen LogP contribution in [0.2, 0.25) is 0 Å². The van der Waals surface area contributed by atoms with E-state index < -0.39 is 0 Å². The van der Waals surface area contributed by atoms with Gasteiger partial charge in [0.05, 0.1) is 0 Å². The standard InChI is InChI=1S/C10H18N4OS/c1-10(2)5-4-6(7(10)11)16-9-13-12-8(15)14(9)3/h6-7H,4-5,11H2,1-3H3,(H,12,15). The van der Waals surface area contributed by atoms with Crippen LogP contribution in [0, 0.1) is 5.41 Å². The zero-order chi connectivity index (χ0) is 11.9. The van der Waals surface area contributed by atoms with Gasteiger partial charge in [-0.15, -0.1) is 5.10 Å². The first kappa shape index (κ1) is 11.7. The summed E-state index contributed by atoms with van der Waals surface area (Å²) in [5.74, 6) is 0. The molecule has 1 heterocycles. The van der Waals surface area contributed by atoms with Gasteiger partial charge in [-0.2, -0.15) is 0 Å². The lowest BCUT2D eigenvalue weighted by Gasteiger charge is -2.26. The Morgan fingerprint density at radius 3 is 2.75 bits per heavy atom.